The third-order valence-electron chi connectivity index (χ3n) is 7.04. The van der Waals surface area contributed by atoms with Crippen molar-refractivity contribution in [3.05, 3.63) is 47.9 Å². The highest BCUT2D eigenvalue weighted by atomic mass is 32.2. The standard InChI is InChI=1S/C24H30N4O4S/c1-26-16-19(33(30,31)28-9-3-4-10-28)14-23(26)24(29)27-11-7-17(8-12-27)21-15-25-22-6-5-18(32-2)13-20(21)22/h5-6,13-17,25H,3-4,7-12H2,1-2H3. The fourth-order valence-corrected chi connectivity index (χ4v) is 6.70. The number of sulfonamides is 1. The van der Waals surface area contributed by atoms with Crippen LogP contribution in [0.1, 0.15) is 47.7 Å². The Morgan fingerprint density at radius 2 is 1.82 bits per heavy atom. The van der Waals surface area contributed by atoms with Gasteiger partial charge in [0.15, 0.2) is 0 Å². The van der Waals surface area contributed by atoms with Crippen molar-refractivity contribution in [1.82, 2.24) is 18.8 Å². The second kappa shape index (κ2) is 8.53. The van der Waals surface area contributed by atoms with Gasteiger partial charge in [-0.25, -0.2) is 8.42 Å². The van der Waals surface area contributed by atoms with Crippen molar-refractivity contribution < 1.29 is 17.9 Å². The average Bonchev–Trinajstić information content (AvgIpc) is 3.58. The number of aromatic nitrogens is 2. The molecule has 5 rings (SSSR count). The zero-order valence-electron chi connectivity index (χ0n) is 19.1. The Hall–Kier alpha value is -2.78. The molecule has 3 aromatic rings. The Bertz CT molecular complexity index is 1280. The van der Waals surface area contributed by atoms with Gasteiger partial charge in [-0.15, -0.1) is 0 Å². The Kier molecular flexibility index (Phi) is 5.70. The number of rotatable bonds is 5. The van der Waals surface area contributed by atoms with Gasteiger partial charge < -0.3 is 19.2 Å². The van der Waals surface area contributed by atoms with Gasteiger partial charge in [-0.1, -0.05) is 0 Å². The van der Waals surface area contributed by atoms with Crippen LogP contribution in [0.15, 0.2) is 41.6 Å². The van der Waals surface area contributed by atoms with E-state index < -0.39 is 10.0 Å². The maximum atomic E-state index is 13.2. The number of amides is 1. The highest BCUT2D eigenvalue weighted by Crippen LogP contribution is 2.35. The lowest BCUT2D eigenvalue weighted by molar-refractivity contribution is 0.0703. The van der Waals surface area contributed by atoms with Gasteiger partial charge in [0.1, 0.15) is 16.3 Å². The zero-order valence-corrected chi connectivity index (χ0v) is 19.9. The van der Waals surface area contributed by atoms with E-state index >= 15 is 0 Å². The topological polar surface area (TPSA) is 87.6 Å². The first kappa shape index (κ1) is 22.0. The predicted molar refractivity (Wildman–Crippen MR) is 126 cm³/mol. The van der Waals surface area contributed by atoms with Crippen molar-refractivity contribution >= 4 is 26.8 Å². The number of carbonyl (C=O) groups excluding carboxylic acids is 1. The quantitative estimate of drug-likeness (QED) is 0.620. The monoisotopic (exact) mass is 470 g/mol. The van der Waals surface area contributed by atoms with Crippen LogP contribution in [-0.4, -0.2) is 66.4 Å². The van der Waals surface area contributed by atoms with Crippen LogP contribution in [0.4, 0.5) is 0 Å². The lowest BCUT2D eigenvalue weighted by Gasteiger charge is -2.32. The normalized spacial score (nSPS) is 18.3. The Morgan fingerprint density at radius 1 is 1.09 bits per heavy atom. The summed E-state index contributed by atoms with van der Waals surface area (Å²) >= 11 is 0. The minimum absolute atomic E-state index is 0.112. The van der Waals surface area contributed by atoms with Crippen molar-refractivity contribution in [3.63, 3.8) is 0 Å². The highest BCUT2D eigenvalue weighted by Gasteiger charge is 2.31. The number of H-pyrrole nitrogens is 1. The first-order valence-electron chi connectivity index (χ1n) is 11.5. The summed E-state index contributed by atoms with van der Waals surface area (Å²) in [6.45, 7) is 2.38. The van der Waals surface area contributed by atoms with Gasteiger partial charge >= 0.3 is 0 Å². The van der Waals surface area contributed by atoms with Crippen LogP contribution in [0.3, 0.4) is 0 Å². The summed E-state index contributed by atoms with van der Waals surface area (Å²) in [5, 5.41) is 1.17. The molecule has 0 unspecified atom stereocenters. The van der Waals surface area contributed by atoms with Gasteiger partial charge in [-0.2, -0.15) is 4.31 Å². The number of likely N-dealkylation sites (tertiary alicyclic amines) is 1. The van der Waals surface area contributed by atoms with Crippen LogP contribution in [-0.2, 0) is 17.1 Å². The number of nitrogens with zero attached hydrogens (tertiary/aromatic N) is 3. The van der Waals surface area contributed by atoms with Crippen molar-refractivity contribution in [1.29, 1.82) is 0 Å². The molecule has 0 spiro atoms. The summed E-state index contributed by atoms with van der Waals surface area (Å²) in [6.07, 6.45) is 7.12. The van der Waals surface area contributed by atoms with E-state index in [1.165, 1.54) is 21.3 Å². The van der Waals surface area contributed by atoms with E-state index in [-0.39, 0.29) is 10.8 Å². The summed E-state index contributed by atoms with van der Waals surface area (Å²) in [5.74, 6) is 1.08. The molecular formula is C24H30N4O4S. The van der Waals surface area contributed by atoms with Gasteiger partial charge in [-0.05, 0) is 61.4 Å². The summed E-state index contributed by atoms with van der Waals surface area (Å²) < 4.78 is 34.3. The second-order valence-corrected chi connectivity index (χ2v) is 10.9. The lowest BCUT2D eigenvalue weighted by Crippen LogP contribution is -2.38. The number of fused-ring (bicyclic) bond motifs is 1. The molecule has 0 radical (unpaired) electrons. The third-order valence-corrected chi connectivity index (χ3v) is 8.91. The summed E-state index contributed by atoms with van der Waals surface area (Å²) in [7, 11) is -0.134. The van der Waals surface area contributed by atoms with E-state index in [0.29, 0.717) is 37.8 Å². The van der Waals surface area contributed by atoms with Crippen LogP contribution in [0.5, 0.6) is 5.75 Å². The van der Waals surface area contributed by atoms with Crippen LogP contribution in [0.2, 0.25) is 0 Å². The molecule has 2 fully saturated rings. The Balaban J connectivity index is 1.30. The van der Waals surface area contributed by atoms with E-state index in [1.807, 2.05) is 17.0 Å². The fraction of sp³-hybridized carbons (Fsp3) is 0.458. The number of carbonyl (C=O) groups is 1. The number of ether oxygens (including phenoxy) is 1. The van der Waals surface area contributed by atoms with Crippen molar-refractivity contribution in [2.75, 3.05) is 33.3 Å². The molecule has 1 N–H and O–H groups in total. The number of methoxy groups -OCH3 is 1. The van der Waals surface area contributed by atoms with E-state index in [0.717, 1.165) is 36.9 Å². The van der Waals surface area contributed by atoms with Gasteiger partial charge in [0.05, 0.1) is 7.11 Å². The molecule has 0 saturated carbocycles. The molecular weight excluding hydrogens is 440 g/mol. The molecule has 8 nitrogen and oxygen atoms in total. The molecule has 33 heavy (non-hydrogen) atoms. The number of piperidine rings is 1. The highest BCUT2D eigenvalue weighted by molar-refractivity contribution is 7.89. The molecule has 0 atom stereocenters. The van der Waals surface area contributed by atoms with Crippen LogP contribution >= 0.6 is 0 Å². The average molecular weight is 471 g/mol. The van der Waals surface area contributed by atoms with Gasteiger partial charge in [0.2, 0.25) is 10.0 Å². The summed E-state index contributed by atoms with van der Waals surface area (Å²) in [5.41, 5.74) is 2.76. The van der Waals surface area contributed by atoms with Gasteiger partial charge in [0.25, 0.3) is 5.91 Å². The molecule has 0 bridgehead atoms. The maximum Gasteiger partial charge on any atom is 0.270 e. The molecule has 2 saturated heterocycles. The number of aryl methyl sites for hydroxylation is 1. The number of nitrogens with one attached hydrogen (secondary N) is 1. The number of hydrogen-bond donors (Lipinski definition) is 1. The fourth-order valence-electron chi connectivity index (χ4n) is 5.11. The van der Waals surface area contributed by atoms with Crippen LogP contribution in [0.25, 0.3) is 10.9 Å². The van der Waals surface area contributed by atoms with E-state index in [9.17, 15) is 13.2 Å². The summed E-state index contributed by atoms with van der Waals surface area (Å²) in [4.78, 5) is 18.6. The van der Waals surface area contributed by atoms with Crippen LogP contribution in [0, 0.1) is 0 Å². The summed E-state index contributed by atoms with van der Waals surface area (Å²) in [6, 6.07) is 7.57. The predicted octanol–water partition coefficient (Wildman–Crippen LogP) is 3.32. The maximum absolute atomic E-state index is 13.2. The van der Waals surface area contributed by atoms with Gasteiger partial charge in [0, 0.05) is 56.5 Å². The minimum Gasteiger partial charge on any atom is -0.497 e. The Morgan fingerprint density at radius 3 is 2.52 bits per heavy atom. The number of hydrogen-bond acceptors (Lipinski definition) is 4. The van der Waals surface area contributed by atoms with Crippen molar-refractivity contribution in [2.45, 2.75) is 36.5 Å². The van der Waals surface area contributed by atoms with Gasteiger partial charge in [-0.3, -0.25) is 4.79 Å². The second-order valence-electron chi connectivity index (χ2n) is 9.01. The minimum atomic E-state index is -3.54. The molecule has 2 aliphatic rings. The molecule has 1 amide bonds. The molecule has 2 aliphatic heterocycles. The zero-order chi connectivity index (χ0) is 23.2. The smallest absolute Gasteiger partial charge is 0.270 e. The van der Waals surface area contributed by atoms with Crippen molar-refractivity contribution in [2.24, 2.45) is 7.05 Å². The lowest BCUT2D eigenvalue weighted by atomic mass is 9.89. The Labute approximate surface area is 194 Å². The molecule has 9 heteroatoms. The van der Waals surface area contributed by atoms with Crippen LogP contribution < -0.4 is 4.74 Å². The van der Waals surface area contributed by atoms with E-state index in [4.69, 9.17) is 4.74 Å². The first-order valence-corrected chi connectivity index (χ1v) is 12.9. The largest absolute Gasteiger partial charge is 0.497 e. The molecule has 176 valence electrons. The molecule has 1 aromatic carbocycles. The van der Waals surface area contributed by atoms with Crippen molar-refractivity contribution in [3.8, 4) is 5.75 Å². The van der Waals surface area contributed by atoms with E-state index in [2.05, 4.69) is 17.2 Å². The van der Waals surface area contributed by atoms with E-state index in [1.54, 1.807) is 24.9 Å². The third kappa shape index (κ3) is 3.93. The number of aromatic amines is 1. The molecule has 2 aromatic heterocycles. The molecule has 0 aliphatic carbocycles. The SMILES string of the molecule is COc1ccc2[nH]cc(C3CCN(C(=O)c4cc(S(=O)(=O)N5CCCC5)cn4C)CC3)c2c1. The number of benzene rings is 1. The first-order chi connectivity index (χ1) is 15.9. The molecule has 4 heterocycles.